The van der Waals surface area contributed by atoms with Crippen molar-refractivity contribution >= 4 is 47.0 Å². The molecule has 5 N–H and O–H groups in total. The molecule has 1 heterocycles. The smallest absolute Gasteiger partial charge is 0.407 e. The van der Waals surface area contributed by atoms with Gasteiger partial charge in [-0.25, -0.2) is 27.2 Å². The Kier molecular flexibility index (Phi) is 19.3. The number of anilines is 2. The van der Waals surface area contributed by atoms with E-state index in [0.29, 0.717) is 23.5 Å². The van der Waals surface area contributed by atoms with Crippen molar-refractivity contribution in [1.29, 1.82) is 0 Å². The van der Waals surface area contributed by atoms with Crippen LogP contribution in [-0.2, 0) is 29.1 Å². The van der Waals surface area contributed by atoms with Gasteiger partial charge in [0.05, 0.1) is 11.2 Å². The zero-order valence-corrected chi connectivity index (χ0v) is 38.8. The minimum Gasteiger partial charge on any atom is -0.459 e. The number of halogens is 4. The SMILES string of the molecule is CC(C)(C)OC(=O)NCc1ccc(NC(=O)c2c(F)cccc2F)cc1.CC(C)(C)OC(=O)NCc1ccc(NC(=O)c2ccco2)cc1.O=C(NCc1ccc([N+](=O)[O-])cc1)c1c(F)cccc1F. The molecule has 5 aromatic carbocycles. The van der Waals surface area contributed by atoms with Crippen LogP contribution >= 0.6 is 0 Å². The molecule has 0 fully saturated rings. The topological polar surface area (TPSA) is 220 Å². The summed E-state index contributed by atoms with van der Waals surface area (Å²) in [7, 11) is 0. The first-order valence-electron chi connectivity index (χ1n) is 21.2. The number of furan rings is 1. The molecule has 6 rings (SSSR count). The fourth-order valence-electron chi connectivity index (χ4n) is 5.62. The third kappa shape index (κ3) is 18.3. The van der Waals surface area contributed by atoms with Crippen molar-refractivity contribution in [1.82, 2.24) is 16.0 Å². The lowest BCUT2D eigenvalue weighted by atomic mass is 10.1. The Labute approximate surface area is 399 Å². The summed E-state index contributed by atoms with van der Waals surface area (Å²) in [5, 5.41) is 23.3. The van der Waals surface area contributed by atoms with Gasteiger partial charge in [-0.3, -0.25) is 24.5 Å². The van der Waals surface area contributed by atoms with Gasteiger partial charge in [0.15, 0.2) is 5.76 Å². The van der Waals surface area contributed by atoms with Crippen molar-refractivity contribution in [3.63, 3.8) is 0 Å². The Morgan fingerprint density at radius 3 is 1.26 bits per heavy atom. The van der Waals surface area contributed by atoms with E-state index < -0.39 is 74.5 Å². The Bertz CT molecular complexity index is 2700. The monoisotopic (exact) mass is 970 g/mol. The molecule has 0 atom stereocenters. The van der Waals surface area contributed by atoms with Gasteiger partial charge in [-0.05, 0) is 119 Å². The summed E-state index contributed by atoms with van der Waals surface area (Å²) in [6.07, 6.45) is 0.443. The van der Waals surface area contributed by atoms with E-state index in [1.54, 1.807) is 69.3 Å². The number of carbonyl (C=O) groups is 5. The molecule has 1 aromatic heterocycles. The molecule has 0 saturated heterocycles. The molecule has 0 aliphatic carbocycles. The number of nitro benzene ring substituents is 1. The van der Waals surface area contributed by atoms with Crippen molar-refractivity contribution in [3.8, 4) is 0 Å². The zero-order chi connectivity index (χ0) is 51.6. The highest BCUT2D eigenvalue weighted by molar-refractivity contribution is 6.04. The molecule has 0 unspecified atom stereocenters. The van der Waals surface area contributed by atoms with E-state index in [9.17, 15) is 51.6 Å². The molecule has 5 amide bonds. The van der Waals surface area contributed by atoms with Crippen LogP contribution in [0, 0.1) is 33.4 Å². The maximum atomic E-state index is 13.6. The van der Waals surface area contributed by atoms with Gasteiger partial charge >= 0.3 is 12.2 Å². The fourth-order valence-corrected chi connectivity index (χ4v) is 5.62. The average Bonchev–Trinajstić information content (AvgIpc) is 3.83. The second kappa shape index (κ2) is 25.0. The number of carbonyl (C=O) groups excluding carboxylic acids is 5. The molecule has 16 nitrogen and oxygen atoms in total. The summed E-state index contributed by atoms with van der Waals surface area (Å²) >= 11 is 0. The van der Waals surface area contributed by atoms with E-state index in [-0.39, 0.29) is 30.4 Å². The lowest BCUT2D eigenvalue weighted by molar-refractivity contribution is -0.384. The van der Waals surface area contributed by atoms with E-state index in [2.05, 4.69) is 26.6 Å². The van der Waals surface area contributed by atoms with Gasteiger partial charge in [0.25, 0.3) is 23.4 Å². The first-order valence-corrected chi connectivity index (χ1v) is 21.2. The Morgan fingerprint density at radius 1 is 0.514 bits per heavy atom. The molecule has 20 heteroatoms. The molecule has 70 heavy (non-hydrogen) atoms. The number of rotatable bonds is 12. The number of ether oxygens (including phenoxy) is 2. The van der Waals surface area contributed by atoms with Crippen LogP contribution in [0.2, 0.25) is 0 Å². The number of nitrogens with zero attached hydrogens (tertiary/aromatic N) is 1. The van der Waals surface area contributed by atoms with Crippen LogP contribution in [0.4, 0.5) is 44.2 Å². The van der Waals surface area contributed by atoms with E-state index >= 15 is 0 Å². The van der Waals surface area contributed by atoms with E-state index in [1.165, 1.54) is 36.6 Å². The van der Waals surface area contributed by atoms with Crippen LogP contribution in [0.15, 0.2) is 132 Å². The second-order valence-corrected chi connectivity index (χ2v) is 16.8. The number of amides is 5. The quantitative estimate of drug-likeness (QED) is 0.0444. The molecule has 0 aliphatic rings. The third-order valence-corrected chi connectivity index (χ3v) is 8.82. The third-order valence-electron chi connectivity index (χ3n) is 8.82. The highest BCUT2D eigenvalue weighted by Crippen LogP contribution is 2.18. The number of benzene rings is 5. The van der Waals surface area contributed by atoms with Crippen LogP contribution in [0.25, 0.3) is 0 Å². The molecule has 0 spiro atoms. The Balaban J connectivity index is 0.000000230. The van der Waals surface area contributed by atoms with Gasteiger partial charge in [0.2, 0.25) is 0 Å². The number of hydrogen-bond donors (Lipinski definition) is 5. The van der Waals surface area contributed by atoms with Crippen molar-refractivity contribution in [2.75, 3.05) is 10.6 Å². The standard InChI is InChI=1S/C19H20F2N2O3.C17H20N2O4.C14H10F2N2O3/c1-19(2,3)26-18(25)22-11-12-7-9-13(10-8-12)23-17(24)16-14(20)5-4-6-15(16)21;1-17(2,3)23-16(21)18-11-12-6-8-13(9-7-12)19-15(20)14-5-4-10-22-14;15-11-2-1-3-12(16)13(11)14(19)17-8-9-4-6-10(7-5-9)18(20)21/h4-10H,11H2,1-3H3,(H,22,25)(H,23,24);4-10H,11H2,1-3H3,(H,18,21)(H,19,20);1-7H,8H2,(H,17,19). The van der Waals surface area contributed by atoms with Gasteiger partial charge in [-0.15, -0.1) is 0 Å². The van der Waals surface area contributed by atoms with Crippen LogP contribution < -0.4 is 26.6 Å². The molecular weight excluding hydrogens is 921 g/mol. The van der Waals surface area contributed by atoms with E-state index in [1.807, 2.05) is 32.9 Å². The maximum Gasteiger partial charge on any atom is 0.407 e. The largest absolute Gasteiger partial charge is 0.459 e. The van der Waals surface area contributed by atoms with E-state index in [0.717, 1.165) is 41.5 Å². The van der Waals surface area contributed by atoms with Crippen LogP contribution in [0.5, 0.6) is 0 Å². The number of alkyl carbamates (subject to hydrolysis) is 2. The maximum absolute atomic E-state index is 13.6. The first-order chi connectivity index (χ1) is 33.0. The average molecular weight is 971 g/mol. The molecule has 6 aromatic rings. The van der Waals surface area contributed by atoms with Crippen molar-refractivity contribution in [2.24, 2.45) is 0 Å². The van der Waals surface area contributed by atoms with Crippen molar-refractivity contribution in [2.45, 2.75) is 72.4 Å². The summed E-state index contributed by atoms with van der Waals surface area (Å²) in [4.78, 5) is 68.7. The molecule has 0 bridgehead atoms. The minimum absolute atomic E-state index is 0.00457. The summed E-state index contributed by atoms with van der Waals surface area (Å²) < 4.78 is 69.3. The van der Waals surface area contributed by atoms with E-state index in [4.69, 9.17) is 13.9 Å². The molecular formula is C50H50F4N6O10. The lowest BCUT2D eigenvalue weighted by Crippen LogP contribution is -2.32. The zero-order valence-electron chi connectivity index (χ0n) is 38.8. The highest BCUT2D eigenvalue weighted by Gasteiger charge is 2.20. The predicted molar refractivity (Wildman–Crippen MR) is 251 cm³/mol. The van der Waals surface area contributed by atoms with Crippen LogP contribution in [0.1, 0.15) is 89.5 Å². The van der Waals surface area contributed by atoms with Gasteiger partial charge in [0.1, 0.15) is 45.6 Å². The summed E-state index contributed by atoms with van der Waals surface area (Å²) in [6, 6.07) is 28.7. The van der Waals surface area contributed by atoms with Gasteiger partial charge in [-0.1, -0.05) is 48.5 Å². The number of nitro groups is 1. The van der Waals surface area contributed by atoms with Crippen LogP contribution in [0.3, 0.4) is 0 Å². The van der Waals surface area contributed by atoms with Gasteiger partial charge < -0.3 is 40.5 Å². The molecule has 0 saturated carbocycles. The lowest BCUT2D eigenvalue weighted by Gasteiger charge is -2.19. The highest BCUT2D eigenvalue weighted by atomic mass is 19.1. The van der Waals surface area contributed by atoms with Crippen molar-refractivity contribution in [3.05, 3.63) is 195 Å². The number of non-ortho nitro benzene ring substituents is 1. The van der Waals surface area contributed by atoms with Gasteiger partial charge in [-0.2, -0.15) is 0 Å². The van der Waals surface area contributed by atoms with Crippen LogP contribution in [-0.4, -0.2) is 46.0 Å². The molecule has 0 aliphatic heterocycles. The molecule has 368 valence electrons. The fraction of sp³-hybridized carbons (Fsp3) is 0.220. The normalized spacial score (nSPS) is 10.7. The first kappa shape index (κ1) is 54.1. The number of hydrogen-bond acceptors (Lipinski definition) is 10. The summed E-state index contributed by atoms with van der Waals surface area (Å²) in [5.74, 6) is -5.58. The minimum atomic E-state index is -0.948. The Hall–Kier alpha value is -8.55. The van der Waals surface area contributed by atoms with Crippen molar-refractivity contribution < 1.29 is 60.3 Å². The summed E-state index contributed by atoms with van der Waals surface area (Å²) in [5.41, 5.74) is 0.784. The molecule has 0 radical (unpaired) electrons. The predicted octanol–water partition coefficient (Wildman–Crippen LogP) is 10.6. The number of nitrogens with one attached hydrogen (secondary N) is 5. The van der Waals surface area contributed by atoms with Gasteiger partial charge in [0, 0.05) is 43.1 Å². The Morgan fingerprint density at radius 2 is 0.886 bits per heavy atom. The summed E-state index contributed by atoms with van der Waals surface area (Å²) in [6.45, 7) is 11.3. The second-order valence-electron chi connectivity index (χ2n) is 16.8.